The summed E-state index contributed by atoms with van der Waals surface area (Å²) < 4.78 is 27.5. The van der Waals surface area contributed by atoms with Crippen LogP contribution in [0.1, 0.15) is 50.5 Å². The van der Waals surface area contributed by atoms with Crippen molar-refractivity contribution >= 4 is 5.91 Å². The maximum absolute atomic E-state index is 14.0. The predicted octanol–water partition coefficient (Wildman–Crippen LogP) is 3.63. The van der Waals surface area contributed by atoms with E-state index < -0.39 is 11.6 Å². The molecule has 1 N–H and O–H groups in total. The number of hydrogen-bond donors (Lipinski definition) is 1. The largest absolute Gasteiger partial charge is 0.335 e. The highest BCUT2D eigenvalue weighted by molar-refractivity contribution is 5.76. The maximum Gasteiger partial charge on any atom is 0.223 e. The van der Waals surface area contributed by atoms with Crippen LogP contribution in [0.3, 0.4) is 0 Å². The summed E-state index contributed by atoms with van der Waals surface area (Å²) in [7, 11) is 0. The van der Waals surface area contributed by atoms with Crippen molar-refractivity contribution in [3.63, 3.8) is 0 Å². The van der Waals surface area contributed by atoms with Crippen LogP contribution >= 0.6 is 0 Å². The molecule has 1 aliphatic carbocycles. The molecule has 0 bridgehead atoms. The Morgan fingerprint density at radius 2 is 2.00 bits per heavy atom. The van der Waals surface area contributed by atoms with Gasteiger partial charge in [-0.1, -0.05) is 12.8 Å². The van der Waals surface area contributed by atoms with E-state index in [0.29, 0.717) is 12.3 Å². The van der Waals surface area contributed by atoms with Crippen LogP contribution in [0.15, 0.2) is 18.2 Å². The summed E-state index contributed by atoms with van der Waals surface area (Å²) in [6.07, 6.45) is 6.64. The molecule has 2 fully saturated rings. The standard InChI is InChI=1S/C19H26F2N2O/c20-16-6-7-18(21)15(11-16)13-23(17-3-1-2-4-17)19(24)8-5-14-9-10-22-12-14/h6-7,11,14,17,22H,1-5,8-10,12-13H2. The smallest absolute Gasteiger partial charge is 0.223 e. The molecule has 132 valence electrons. The summed E-state index contributed by atoms with van der Waals surface area (Å²) >= 11 is 0. The van der Waals surface area contributed by atoms with E-state index >= 15 is 0 Å². The van der Waals surface area contributed by atoms with E-state index in [9.17, 15) is 13.6 Å². The van der Waals surface area contributed by atoms with Crippen LogP contribution < -0.4 is 5.32 Å². The fourth-order valence-corrected chi connectivity index (χ4v) is 3.92. The monoisotopic (exact) mass is 336 g/mol. The van der Waals surface area contributed by atoms with Crippen molar-refractivity contribution in [1.82, 2.24) is 10.2 Å². The quantitative estimate of drug-likeness (QED) is 0.860. The van der Waals surface area contributed by atoms with E-state index in [1.165, 1.54) is 6.07 Å². The summed E-state index contributed by atoms with van der Waals surface area (Å²) in [4.78, 5) is 14.6. The summed E-state index contributed by atoms with van der Waals surface area (Å²) in [6, 6.07) is 3.65. The highest BCUT2D eigenvalue weighted by Crippen LogP contribution is 2.27. The molecule has 1 heterocycles. The van der Waals surface area contributed by atoms with Crippen molar-refractivity contribution in [2.45, 2.75) is 57.5 Å². The van der Waals surface area contributed by atoms with Gasteiger partial charge in [0, 0.05) is 24.6 Å². The van der Waals surface area contributed by atoms with Crippen LogP contribution in [0.4, 0.5) is 8.78 Å². The minimum absolute atomic E-state index is 0.0810. The van der Waals surface area contributed by atoms with Crippen molar-refractivity contribution < 1.29 is 13.6 Å². The van der Waals surface area contributed by atoms with Crippen molar-refractivity contribution in [3.8, 4) is 0 Å². The Morgan fingerprint density at radius 1 is 1.21 bits per heavy atom. The van der Waals surface area contributed by atoms with Crippen LogP contribution in [-0.2, 0) is 11.3 Å². The lowest BCUT2D eigenvalue weighted by Gasteiger charge is -2.30. The lowest BCUT2D eigenvalue weighted by molar-refractivity contribution is -0.134. The molecule has 1 aromatic rings. The van der Waals surface area contributed by atoms with Crippen molar-refractivity contribution in [2.75, 3.05) is 13.1 Å². The zero-order valence-electron chi connectivity index (χ0n) is 14.1. The second-order valence-electron chi connectivity index (χ2n) is 7.09. The zero-order valence-corrected chi connectivity index (χ0v) is 14.1. The first kappa shape index (κ1) is 17.3. The van der Waals surface area contributed by atoms with Gasteiger partial charge < -0.3 is 10.2 Å². The molecule has 1 saturated heterocycles. The molecular formula is C19H26F2N2O. The number of nitrogens with one attached hydrogen (secondary N) is 1. The van der Waals surface area contributed by atoms with E-state index in [4.69, 9.17) is 0 Å². The lowest BCUT2D eigenvalue weighted by Crippen LogP contribution is -2.38. The number of benzene rings is 1. The SMILES string of the molecule is O=C(CCC1CCNC1)N(Cc1cc(F)ccc1F)C1CCCC1. The van der Waals surface area contributed by atoms with Gasteiger partial charge in [0.25, 0.3) is 0 Å². The maximum atomic E-state index is 14.0. The number of halogens is 2. The Kier molecular flexibility index (Phi) is 5.82. The first-order valence-corrected chi connectivity index (χ1v) is 9.07. The second-order valence-corrected chi connectivity index (χ2v) is 7.09. The van der Waals surface area contributed by atoms with Crippen LogP contribution in [0.5, 0.6) is 0 Å². The molecule has 24 heavy (non-hydrogen) atoms. The second kappa shape index (κ2) is 8.06. The Bertz CT molecular complexity index is 566. The molecule has 0 radical (unpaired) electrons. The van der Waals surface area contributed by atoms with Gasteiger partial charge in [-0.25, -0.2) is 8.78 Å². The van der Waals surface area contributed by atoms with Crippen LogP contribution in [-0.4, -0.2) is 29.9 Å². The van der Waals surface area contributed by atoms with Crippen LogP contribution in [0.2, 0.25) is 0 Å². The molecule has 1 amide bonds. The third-order valence-electron chi connectivity index (χ3n) is 5.36. The van der Waals surface area contributed by atoms with Crippen molar-refractivity contribution in [2.24, 2.45) is 5.92 Å². The van der Waals surface area contributed by atoms with Gasteiger partial charge in [0.1, 0.15) is 11.6 Å². The summed E-state index contributed by atoms with van der Waals surface area (Å²) in [5, 5.41) is 3.32. The Hall–Kier alpha value is -1.49. The van der Waals surface area contributed by atoms with E-state index in [2.05, 4.69) is 5.32 Å². The van der Waals surface area contributed by atoms with Gasteiger partial charge in [-0.2, -0.15) is 0 Å². The van der Waals surface area contributed by atoms with Crippen LogP contribution in [0.25, 0.3) is 0 Å². The number of amides is 1. The third kappa shape index (κ3) is 4.32. The van der Waals surface area contributed by atoms with Gasteiger partial charge >= 0.3 is 0 Å². The Labute approximate surface area is 142 Å². The third-order valence-corrected chi connectivity index (χ3v) is 5.36. The highest BCUT2D eigenvalue weighted by atomic mass is 19.1. The topological polar surface area (TPSA) is 32.3 Å². The summed E-state index contributed by atoms with van der Waals surface area (Å²) in [5.41, 5.74) is 0.276. The Balaban J connectivity index is 1.68. The lowest BCUT2D eigenvalue weighted by atomic mass is 10.0. The molecule has 2 aliphatic rings. The van der Waals surface area contributed by atoms with Crippen LogP contribution in [0, 0.1) is 17.6 Å². The van der Waals surface area contributed by atoms with Gasteiger partial charge in [-0.15, -0.1) is 0 Å². The zero-order chi connectivity index (χ0) is 16.9. The van der Waals surface area contributed by atoms with E-state index in [-0.39, 0.29) is 24.1 Å². The molecule has 3 rings (SSSR count). The molecule has 1 saturated carbocycles. The number of hydrogen-bond acceptors (Lipinski definition) is 2. The van der Waals surface area contributed by atoms with Gasteiger partial charge in [0.05, 0.1) is 0 Å². The normalized spacial score (nSPS) is 21.3. The fourth-order valence-electron chi connectivity index (χ4n) is 3.92. The Morgan fingerprint density at radius 3 is 2.71 bits per heavy atom. The molecular weight excluding hydrogens is 310 g/mol. The van der Waals surface area contributed by atoms with E-state index in [0.717, 1.165) is 63.7 Å². The molecule has 3 nitrogen and oxygen atoms in total. The minimum atomic E-state index is -0.456. The van der Waals surface area contributed by atoms with Crippen molar-refractivity contribution in [3.05, 3.63) is 35.4 Å². The molecule has 1 aliphatic heterocycles. The molecule has 1 unspecified atom stereocenters. The summed E-state index contributed by atoms with van der Waals surface area (Å²) in [6.45, 7) is 2.19. The van der Waals surface area contributed by atoms with E-state index in [1.54, 1.807) is 4.90 Å². The molecule has 1 aromatic carbocycles. The minimum Gasteiger partial charge on any atom is -0.335 e. The average Bonchev–Trinajstić information content (AvgIpc) is 3.26. The highest BCUT2D eigenvalue weighted by Gasteiger charge is 2.28. The first-order valence-electron chi connectivity index (χ1n) is 9.07. The number of nitrogens with zero attached hydrogens (tertiary/aromatic N) is 1. The predicted molar refractivity (Wildman–Crippen MR) is 89.4 cm³/mol. The molecule has 0 spiro atoms. The number of carbonyl (C=O) groups excluding carboxylic acids is 1. The molecule has 0 aromatic heterocycles. The molecule has 5 heteroatoms. The number of rotatable bonds is 6. The van der Waals surface area contributed by atoms with Gasteiger partial charge in [-0.3, -0.25) is 4.79 Å². The van der Waals surface area contributed by atoms with Gasteiger partial charge in [0.15, 0.2) is 0 Å². The van der Waals surface area contributed by atoms with Gasteiger partial charge in [-0.05, 0) is 62.9 Å². The molecule has 1 atom stereocenters. The fraction of sp³-hybridized carbons (Fsp3) is 0.632. The van der Waals surface area contributed by atoms with Gasteiger partial charge in [0.2, 0.25) is 5.91 Å². The summed E-state index contributed by atoms with van der Waals surface area (Å²) in [5.74, 6) is -0.253. The van der Waals surface area contributed by atoms with Crippen molar-refractivity contribution in [1.29, 1.82) is 0 Å². The average molecular weight is 336 g/mol. The first-order chi connectivity index (χ1) is 11.6. The number of carbonyl (C=O) groups is 1. The van der Waals surface area contributed by atoms with E-state index in [1.807, 2.05) is 0 Å².